The van der Waals surface area contributed by atoms with Crippen molar-refractivity contribution in [3.63, 3.8) is 0 Å². The van der Waals surface area contributed by atoms with Gasteiger partial charge in [-0.05, 0) is 35.9 Å². The highest BCUT2D eigenvalue weighted by Gasteiger charge is 2.05. The summed E-state index contributed by atoms with van der Waals surface area (Å²) in [5, 5.41) is 0.309. The third kappa shape index (κ3) is 4.62. The zero-order chi connectivity index (χ0) is 15.2. The summed E-state index contributed by atoms with van der Waals surface area (Å²) >= 11 is 5.67. The summed E-state index contributed by atoms with van der Waals surface area (Å²) in [5.74, 6) is 0.0578. The molecule has 0 fully saturated rings. The van der Waals surface area contributed by atoms with Crippen molar-refractivity contribution in [3.05, 3.63) is 58.9 Å². The predicted molar refractivity (Wildman–Crippen MR) is 77.5 cm³/mol. The van der Waals surface area contributed by atoms with Crippen LogP contribution in [0, 0.1) is 5.82 Å². The Morgan fingerprint density at radius 2 is 1.95 bits per heavy atom. The molecule has 0 bridgehead atoms. The van der Waals surface area contributed by atoms with Crippen molar-refractivity contribution in [1.82, 2.24) is 10.9 Å². The van der Waals surface area contributed by atoms with Crippen LogP contribution in [0.4, 0.5) is 9.18 Å². The van der Waals surface area contributed by atoms with Gasteiger partial charge >= 0.3 is 6.03 Å². The summed E-state index contributed by atoms with van der Waals surface area (Å²) < 4.78 is 19.0. The fourth-order valence-corrected chi connectivity index (χ4v) is 1.75. The number of rotatable bonds is 5. The number of amides is 2. The maximum absolute atomic E-state index is 13.6. The first-order valence-corrected chi connectivity index (χ1v) is 6.42. The van der Waals surface area contributed by atoms with Crippen LogP contribution in [-0.4, -0.2) is 6.03 Å². The quantitative estimate of drug-likeness (QED) is 0.743. The van der Waals surface area contributed by atoms with Gasteiger partial charge in [-0.1, -0.05) is 23.7 Å². The van der Waals surface area contributed by atoms with E-state index in [4.69, 9.17) is 22.1 Å². The number of urea groups is 1. The molecular weight excluding hydrogens is 297 g/mol. The van der Waals surface area contributed by atoms with Crippen molar-refractivity contribution in [3.8, 4) is 11.5 Å². The van der Waals surface area contributed by atoms with Gasteiger partial charge < -0.3 is 10.5 Å². The summed E-state index contributed by atoms with van der Waals surface area (Å²) in [7, 11) is 0. The fraction of sp³-hybridized carbons (Fsp3) is 0.0714. The van der Waals surface area contributed by atoms with E-state index in [1.807, 2.05) is 0 Å². The zero-order valence-electron chi connectivity index (χ0n) is 10.9. The van der Waals surface area contributed by atoms with Gasteiger partial charge in [-0.3, -0.25) is 5.43 Å². The predicted octanol–water partition coefficient (Wildman–Crippen LogP) is 2.94. The minimum Gasteiger partial charge on any atom is -0.454 e. The SMILES string of the molecule is NC(=O)NNCc1ccc(Oc2ccc(Cl)cc2F)cc1. The minimum absolute atomic E-state index is 0.0978. The third-order valence-electron chi connectivity index (χ3n) is 2.55. The molecule has 2 amide bonds. The van der Waals surface area contributed by atoms with E-state index in [1.165, 1.54) is 12.1 Å². The highest BCUT2D eigenvalue weighted by molar-refractivity contribution is 6.30. The van der Waals surface area contributed by atoms with Crippen LogP contribution in [0.15, 0.2) is 42.5 Å². The summed E-state index contributed by atoms with van der Waals surface area (Å²) in [4.78, 5) is 10.5. The van der Waals surface area contributed by atoms with Crippen molar-refractivity contribution < 1.29 is 13.9 Å². The number of hydrogen-bond acceptors (Lipinski definition) is 3. The van der Waals surface area contributed by atoms with Crippen molar-refractivity contribution in [1.29, 1.82) is 0 Å². The Morgan fingerprint density at radius 3 is 2.57 bits per heavy atom. The molecule has 0 saturated carbocycles. The number of benzene rings is 2. The van der Waals surface area contributed by atoms with Gasteiger partial charge in [-0.25, -0.2) is 14.6 Å². The summed E-state index contributed by atoms with van der Waals surface area (Å²) in [6.07, 6.45) is 0. The maximum atomic E-state index is 13.6. The van der Waals surface area contributed by atoms with Crippen molar-refractivity contribution >= 4 is 17.6 Å². The molecule has 0 spiro atoms. The molecule has 4 N–H and O–H groups in total. The van der Waals surface area contributed by atoms with Crippen LogP contribution in [-0.2, 0) is 6.54 Å². The summed E-state index contributed by atoms with van der Waals surface area (Å²) in [6.45, 7) is 0.401. The Labute approximate surface area is 125 Å². The van der Waals surface area contributed by atoms with E-state index >= 15 is 0 Å². The van der Waals surface area contributed by atoms with E-state index < -0.39 is 11.8 Å². The second-order valence-electron chi connectivity index (χ2n) is 4.16. The lowest BCUT2D eigenvalue weighted by Gasteiger charge is -2.08. The Morgan fingerprint density at radius 1 is 1.24 bits per heavy atom. The van der Waals surface area contributed by atoms with E-state index in [1.54, 1.807) is 30.3 Å². The first-order valence-electron chi connectivity index (χ1n) is 6.05. The van der Waals surface area contributed by atoms with Crippen molar-refractivity contribution in [2.45, 2.75) is 6.54 Å². The molecular formula is C14H13ClFN3O2. The van der Waals surface area contributed by atoms with Crippen molar-refractivity contribution in [2.75, 3.05) is 0 Å². The third-order valence-corrected chi connectivity index (χ3v) is 2.78. The lowest BCUT2D eigenvalue weighted by molar-refractivity contribution is 0.244. The van der Waals surface area contributed by atoms with Gasteiger partial charge in [-0.2, -0.15) is 0 Å². The summed E-state index contributed by atoms with van der Waals surface area (Å²) in [5.41, 5.74) is 10.7. The molecule has 0 aliphatic rings. The molecule has 7 heteroatoms. The van der Waals surface area contributed by atoms with E-state index in [-0.39, 0.29) is 5.75 Å². The number of carbonyl (C=O) groups excluding carboxylic acids is 1. The van der Waals surface area contributed by atoms with Gasteiger partial charge in [0.15, 0.2) is 11.6 Å². The molecule has 110 valence electrons. The number of nitrogens with two attached hydrogens (primary N) is 1. The standard InChI is InChI=1S/C14H13ClFN3O2/c15-10-3-6-13(12(16)7-10)21-11-4-1-9(2-5-11)8-18-19-14(17)20/h1-7,18H,8H2,(H3,17,19,20). The molecule has 2 aromatic carbocycles. The van der Waals surface area contributed by atoms with Crippen molar-refractivity contribution in [2.24, 2.45) is 5.73 Å². The largest absolute Gasteiger partial charge is 0.454 e. The molecule has 0 aliphatic carbocycles. The van der Waals surface area contributed by atoms with E-state index in [9.17, 15) is 9.18 Å². The normalized spacial score (nSPS) is 10.2. The number of primary amides is 1. The number of hydrogen-bond donors (Lipinski definition) is 3. The molecule has 0 heterocycles. The van der Waals surface area contributed by atoms with Crippen LogP contribution in [0.5, 0.6) is 11.5 Å². The van der Waals surface area contributed by atoms with Crippen LogP contribution >= 0.6 is 11.6 Å². The molecule has 0 saturated heterocycles. The maximum Gasteiger partial charge on any atom is 0.326 e. The number of halogens is 2. The van der Waals surface area contributed by atoms with E-state index in [0.717, 1.165) is 5.56 Å². The highest BCUT2D eigenvalue weighted by Crippen LogP contribution is 2.26. The number of carbonyl (C=O) groups is 1. The van der Waals surface area contributed by atoms with Crippen LogP contribution in [0.2, 0.25) is 5.02 Å². The van der Waals surface area contributed by atoms with Gasteiger partial charge in [-0.15, -0.1) is 0 Å². The molecule has 0 radical (unpaired) electrons. The molecule has 0 atom stereocenters. The van der Waals surface area contributed by atoms with Crippen LogP contribution in [0.1, 0.15) is 5.56 Å². The second kappa shape index (κ2) is 6.92. The smallest absolute Gasteiger partial charge is 0.326 e. The van der Waals surface area contributed by atoms with Gasteiger partial charge in [0.05, 0.1) is 0 Å². The average molecular weight is 310 g/mol. The first kappa shape index (κ1) is 15.1. The monoisotopic (exact) mass is 309 g/mol. The summed E-state index contributed by atoms with van der Waals surface area (Å²) in [6, 6.07) is 10.5. The molecule has 0 aliphatic heterocycles. The number of ether oxygens (including phenoxy) is 1. The number of nitrogens with one attached hydrogen (secondary N) is 2. The van der Waals surface area contributed by atoms with Gasteiger partial charge in [0.2, 0.25) is 0 Å². The van der Waals surface area contributed by atoms with E-state index in [0.29, 0.717) is 17.3 Å². The van der Waals surface area contributed by atoms with Crippen LogP contribution < -0.4 is 21.3 Å². The van der Waals surface area contributed by atoms with E-state index in [2.05, 4.69) is 10.9 Å². The Kier molecular flexibility index (Phi) is 4.97. The Hall–Kier alpha value is -2.31. The second-order valence-corrected chi connectivity index (χ2v) is 4.60. The Bertz CT molecular complexity index is 635. The molecule has 5 nitrogen and oxygen atoms in total. The minimum atomic E-state index is -0.659. The first-order chi connectivity index (χ1) is 10.0. The lowest BCUT2D eigenvalue weighted by Crippen LogP contribution is -2.40. The highest BCUT2D eigenvalue weighted by atomic mass is 35.5. The average Bonchev–Trinajstić information content (AvgIpc) is 2.43. The van der Waals surface area contributed by atoms with Crippen LogP contribution in [0.25, 0.3) is 0 Å². The lowest BCUT2D eigenvalue weighted by atomic mass is 10.2. The topological polar surface area (TPSA) is 76.4 Å². The van der Waals surface area contributed by atoms with Gasteiger partial charge in [0.25, 0.3) is 0 Å². The van der Waals surface area contributed by atoms with Crippen LogP contribution in [0.3, 0.4) is 0 Å². The zero-order valence-corrected chi connectivity index (χ0v) is 11.7. The number of hydrazine groups is 1. The molecule has 21 heavy (non-hydrogen) atoms. The molecule has 2 aromatic rings. The molecule has 0 aromatic heterocycles. The van der Waals surface area contributed by atoms with Gasteiger partial charge in [0, 0.05) is 11.6 Å². The van der Waals surface area contributed by atoms with Gasteiger partial charge in [0.1, 0.15) is 5.75 Å². The fourth-order valence-electron chi connectivity index (χ4n) is 1.59. The molecule has 2 rings (SSSR count). The Balaban J connectivity index is 1.97. The molecule has 0 unspecified atom stereocenters.